The summed E-state index contributed by atoms with van der Waals surface area (Å²) < 4.78 is 7.82. The van der Waals surface area contributed by atoms with Crippen molar-refractivity contribution in [2.45, 2.75) is 57.0 Å². The van der Waals surface area contributed by atoms with Crippen LogP contribution in [0, 0.1) is 0 Å². The van der Waals surface area contributed by atoms with E-state index in [1.54, 1.807) is 0 Å². The van der Waals surface area contributed by atoms with Crippen LogP contribution in [0.1, 0.15) is 49.6 Å². The maximum Gasteiger partial charge on any atom is 0.230 e. The number of carbonyl (C=O) groups is 1. The number of hydrogen-bond donors (Lipinski definition) is 1. The summed E-state index contributed by atoms with van der Waals surface area (Å²) in [5, 5.41) is 12.6. The van der Waals surface area contributed by atoms with E-state index in [1.807, 2.05) is 56.3 Å². The van der Waals surface area contributed by atoms with Crippen LogP contribution in [0.25, 0.3) is 0 Å². The van der Waals surface area contributed by atoms with Crippen molar-refractivity contribution in [2.75, 3.05) is 5.75 Å². The van der Waals surface area contributed by atoms with Gasteiger partial charge in [-0.3, -0.25) is 4.79 Å². The first-order valence-electron chi connectivity index (χ1n) is 10.7. The molecule has 1 saturated carbocycles. The predicted molar refractivity (Wildman–Crippen MR) is 122 cm³/mol. The second-order valence-electron chi connectivity index (χ2n) is 8.06. The van der Waals surface area contributed by atoms with Crippen molar-refractivity contribution in [3.63, 3.8) is 0 Å². The van der Waals surface area contributed by atoms with E-state index >= 15 is 0 Å². The molecule has 3 aromatic rings. The summed E-state index contributed by atoms with van der Waals surface area (Å²) in [6, 6.07) is 18.1. The molecule has 1 aromatic heterocycles. The number of aromatic nitrogens is 3. The zero-order valence-electron chi connectivity index (χ0n) is 18.0. The molecule has 2 aromatic carbocycles. The van der Waals surface area contributed by atoms with E-state index in [1.165, 1.54) is 30.2 Å². The van der Waals surface area contributed by atoms with Crippen molar-refractivity contribution < 1.29 is 9.53 Å². The van der Waals surface area contributed by atoms with E-state index in [0.29, 0.717) is 18.2 Å². The summed E-state index contributed by atoms with van der Waals surface area (Å²) in [5.74, 6) is 2.67. The Bertz CT molecular complexity index is 998. The zero-order chi connectivity index (χ0) is 21.6. The van der Waals surface area contributed by atoms with Gasteiger partial charge < -0.3 is 14.6 Å². The molecule has 1 heterocycles. The van der Waals surface area contributed by atoms with Gasteiger partial charge in [0.25, 0.3) is 0 Å². The van der Waals surface area contributed by atoms with E-state index in [9.17, 15) is 4.79 Å². The first kappa shape index (κ1) is 21.4. The Morgan fingerprint density at radius 2 is 1.84 bits per heavy atom. The summed E-state index contributed by atoms with van der Waals surface area (Å²) >= 11 is 1.44. The fraction of sp³-hybridized carbons (Fsp3) is 0.375. The molecule has 0 aliphatic heterocycles. The van der Waals surface area contributed by atoms with Crippen molar-refractivity contribution in [2.24, 2.45) is 0 Å². The molecule has 1 fully saturated rings. The van der Waals surface area contributed by atoms with E-state index in [2.05, 4.69) is 32.2 Å². The average Bonchev–Trinajstić information content (AvgIpc) is 3.54. The molecule has 162 valence electrons. The largest absolute Gasteiger partial charge is 0.491 e. The Morgan fingerprint density at radius 3 is 2.52 bits per heavy atom. The molecule has 0 unspecified atom stereocenters. The highest BCUT2D eigenvalue weighted by molar-refractivity contribution is 7.99. The molecule has 6 nitrogen and oxygen atoms in total. The van der Waals surface area contributed by atoms with Crippen LogP contribution in [-0.2, 0) is 17.9 Å². The lowest BCUT2D eigenvalue weighted by Gasteiger charge is -2.11. The van der Waals surface area contributed by atoms with Gasteiger partial charge in [0.05, 0.1) is 18.4 Å². The normalized spacial score (nSPS) is 13.4. The molecule has 0 saturated heterocycles. The summed E-state index contributed by atoms with van der Waals surface area (Å²) in [4.78, 5) is 12.4. The van der Waals surface area contributed by atoms with E-state index in [4.69, 9.17) is 4.74 Å². The van der Waals surface area contributed by atoms with Gasteiger partial charge in [-0.15, -0.1) is 10.2 Å². The van der Waals surface area contributed by atoms with E-state index in [-0.39, 0.29) is 12.0 Å². The smallest absolute Gasteiger partial charge is 0.230 e. The summed E-state index contributed by atoms with van der Waals surface area (Å²) in [7, 11) is 0. The van der Waals surface area contributed by atoms with Crippen LogP contribution in [0.5, 0.6) is 5.75 Å². The number of nitrogens with one attached hydrogen (secondary N) is 1. The number of rotatable bonds is 10. The number of ether oxygens (including phenoxy) is 1. The van der Waals surface area contributed by atoms with Gasteiger partial charge >= 0.3 is 0 Å². The van der Waals surface area contributed by atoms with Crippen molar-refractivity contribution in [1.82, 2.24) is 20.1 Å². The van der Waals surface area contributed by atoms with Gasteiger partial charge in [0.15, 0.2) is 5.16 Å². The minimum absolute atomic E-state index is 0.0188. The molecule has 0 bridgehead atoms. The van der Waals surface area contributed by atoms with E-state index < -0.39 is 0 Å². The van der Waals surface area contributed by atoms with Gasteiger partial charge in [-0.05, 0) is 49.9 Å². The van der Waals surface area contributed by atoms with Gasteiger partial charge in [-0.2, -0.15) is 0 Å². The fourth-order valence-corrected chi connectivity index (χ4v) is 4.08. The number of amides is 1. The molecule has 4 rings (SSSR count). The average molecular weight is 437 g/mol. The second-order valence-corrected chi connectivity index (χ2v) is 9.01. The third-order valence-electron chi connectivity index (χ3n) is 4.99. The van der Waals surface area contributed by atoms with Crippen LogP contribution in [-0.4, -0.2) is 32.5 Å². The molecule has 31 heavy (non-hydrogen) atoms. The zero-order valence-corrected chi connectivity index (χ0v) is 18.8. The highest BCUT2D eigenvalue weighted by Crippen LogP contribution is 2.40. The Balaban J connectivity index is 1.32. The van der Waals surface area contributed by atoms with Gasteiger partial charge in [0.2, 0.25) is 5.91 Å². The van der Waals surface area contributed by atoms with Crippen LogP contribution in [0.3, 0.4) is 0 Å². The number of nitrogens with zero attached hydrogens (tertiary/aromatic N) is 3. The second kappa shape index (κ2) is 10.0. The molecule has 0 spiro atoms. The molecule has 1 aliphatic carbocycles. The minimum Gasteiger partial charge on any atom is -0.491 e. The van der Waals surface area contributed by atoms with Crippen molar-refractivity contribution in [1.29, 1.82) is 0 Å². The third-order valence-corrected chi connectivity index (χ3v) is 5.96. The minimum atomic E-state index is -0.0188. The molecule has 1 aliphatic rings. The van der Waals surface area contributed by atoms with Gasteiger partial charge in [-0.1, -0.05) is 54.2 Å². The van der Waals surface area contributed by atoms with Crippen LogP contribution >= 0.6 is 11.8 Å². The molecular formula is C24H28N4O2S. The van der Waals surface area contributed by atoms with Crippen LogP contribution < -0.4 is 10.1 Å². The van der Waals surface area contributed by atoms with Crippen LogP contribution in [0.4, 0.5) is 0 Å². The van der Waals surface area contributed by atoms with Crippen molar-refractivity contribution >= 4 is 17.7 Å². The third kappa shape index (κ3) is 6.10. The monoisotopic (exact) mass is 436 g/mol. The SMILES string of the molecule is CC(C)Oc1ccc(CNC(=O)CSc2nnc(C3CC3)n2Cc2ccccc2)cc1. The highest BCUT2D eigenvalue weighted by Gasteiger charge is 2.30. The fourth-order valence-electron chi connectivity index (χ4n) is 3.30. The van der Waals surface area contributed by atoms with Gasteiger partial charge in [-0.25, -0.2) is 0 Å². The summed E-state index contributed by atoms with van der Waals surface area (Å²) in [6.45, 7) is 5.22. The Morgan fingerprint density at radius 1 is 1.10 bits per heavy atom. The van der Waals surface area contributed by atoms with Crippen LogP contribution in [0.15, 0.2) is 59.8 Å². The van der Waals surface area contributed by atoms with Gasteiger partial charge in [0.1, 0.15) is 11.6 Å². The quantitative estimate of drug-likeness (QED) is 0.477. The van der Waals surface area contributed by atoms with Crippen molar-refractivity contribution in [3.8, 4) is 5.75 Å². The maximum absolute atomic E-state index is 12.4. The highest BCUT2D eigenvalue weighted by atomic mass is 32.2. The predicted octanol–water partition coefficient (Wildman–Crippen LogP) is 4.40. The lowest BCUT2D eigenvalue weighted by atomic mass is 10.2. The van der Waals surface area contributed by atoms with Crippen molar-refractivity contribution in [3.05, 3.63) is 71.5 Å². The van der Waals surface area contributed by atoms with Gasteiger partial charge in [0, 0.05) is 12.5 Å². The first-order chi connectivity index (χ1) is 15.1. The Labute approximate surface area is 187 Å². The van der Waals surface area contributed by atoms with Crippen LogP contribution in [0.2, 0.25) is 0 Å². The molecule has 1 N–H and O–H groups in total. The molecule has 1 amide bonds. The topological polar surface area (TPSA) is 69.0 Å². The summed E-state index contributed by atoms with van der Waals surface area (Å²) in [5.41, 5.74) is 2.25. The number of hydrogen-bond acceptors (Lipinski definition) is 5. The molecule has 0 radical (unpaired) electrons. The number of carbonyl (C=O) groups excluding carboxylic acids is 1. The summed E-state index contributed by atoms with van der Waals surface area (Å²) in [6.07, 6.45) is 2.48. The molecule has 0 atom stereocenters. The van der Waals surface area contributed by atoms with E-state index in [0.717, 1.165) is 28.8 Å². The standard InChI is InChI=1S/C24H28N4O2S/c1-17(2)30-21-12-8-18(9-13-21)14-25-22(29)16-31-24-27-26-23(20-10-11-20)28(24)15-19-6-4-3-5-7-19/h3-9,12-13,17,20H,10-11,14-16H2,1-2H3,(H,25,29). The first-order valence-corrected chi connectivity index (χ1v) is 11.7. The number of benzene rings is 2. The Kier molecular flexibility index (Phi) is 6.92. The molecule has 7 heteroatoms. The lowest BCUT2D eigenvalue weighted by molar-refractivity contribution is -0.118. The lowest BCUT2D eigenvalue weighted by Crippen LogP contribution is -2.24. The maximum atomic E-state index is 12.4. The Hall–Kier alpha value is -2.80. The molecular weight excluding hydrogens is 408 g/mol. The number of thioether (sulfide) groups is 1.